The Kier molecular flexibility index (Phi) is 2.75. The molecule has 0 amide bonds. The Labute approximate surface area is 127 Å². The van der Waals surface area contributed by atoms with E-state index in [4.69, 9.17) is 11.6 Å². The SMILES string of the molecule is CC1CN=C2c3cnc(-c4ccccc4)nc3C(Cl)=NN21. The van der Waals surface area contributed by atoms with Crippen LogP contribution in [0.15, 0.2) is 46.6 Å². The summed E-state index contributed by atoms with van der Waals surface area (Å²) in [6.45, 7) is 2.78. The summed E-state index contributed by atoms with van der Waals surface area (Å²) in [7, 11) is 0. The molecule has 3 heterocycles. The highest BCUT2D eigenvalue weighted by Crippen LogP contribution is 2.26. The molecule has 6 heteroatoms. The Morgan fingerprint density at radius 3 is 2.86 bits per heavy atom. The molecule has 1 atom stereocenters. The lowest BCUT2D eigenvalue weighted by atomic mass is 10.1. The van der Waals surface area contributed by atoms with Gasteiger partial charge in [0.1, 0.15) is 5.69 Å². The van der Waals surface area contributed by atoms with E-state index in [2.05, 4.69) is 27.0 Å². The number of hydrogen-bond donors (Lipinski definition) is 0. The third-order valence-electron chi connectivity index (χ3n) is 3.59. The molecule has 2 aliphatic heterocycles. The largest absolute Gasteiger partial charge is 0.264 e. The van der Waals surface area contributed by atoms with Gasteiger partial charge in [0.2, 0.25) is 0 Å². The lowest BCUT2D eigenvalue weighted by Gasteiger charge is -2.25. The smallest absolute Gasteiger partial charge is 0.176 e. The molecule has 0 N–H and O–H groups in total. The molecule has 0 fully saturated rings. The van der Waals surface area contributed by atoms with E-state index < -0.39 is 0 Å². The van der Waals surface area contributed by atoms with Crippen molar-refractivity contribution in [3.63, 3.8) is 0 Å². The maximum Gasteiger partial charge on any atom is 0.176 e. The van der Waals surface area contributed by atoms with Crippen LogP contribution in [0.4, 0.5) is 0 Å². The Morgan fingerprint density at radius 2 is 2.05 bits per heavy atom. The van der Waals surface area contributed by atoms with Crippen LogP contribution in [0.1, 0.15) is 18.2 Å². The van der Waals surface area contributed by atoms with Gasteiger partial charge in [-0.05, 0) is 6.92 Å². The summed E-state index contributed by atoms with van der Waals surface area (Å²) in [6, 6.07) is 10.0. The summed E-state index contributed by atoms with van der Waals surface area (Å²) in [6.07, 6.45) is 1.78. The van der Waals surface area contributed by atoms with E-state index in [1.165, 1.54) is 0 Å². The van der Waals surface area contributed by atoms with Gasteiger partial charge in [0, 0.05) is 11.8 Å². The zero-order valence-corrected chi connectivity index (χ0v) is 12.1. The van der Waals surface area contributed by atoms with Gasteiger partial charge in [0.05, 0.1) is 18.2 Å². The van der Waals surface area contributed by atoms with Crippen molar-refractivity contribution in [1.82, 2.24) is 15.0 Å². The Bertz CT molecular complexity index is 769. The van der Waals surface area contributed by atoms with Crippen LogP contribution in [0.5, 0.6) is 0 Å². The molecular weight excluding hydrogens is 286 g/mol. The summed E-state index contributed by atoms with van der Waals surface area (Å²) >= 11 is 6.30. The van der Waals surface area contributed by atoms with Crippen LogP contribution in [0.2, 0.25) is 0 Å². The minimum atomic E-state index is 0.218. The van der Waals surface area contributed by atoms with E-state index in [0.717, 1.165) is 17.0 Å². The molecular formula is C15H12ClN5. The summed E-state index contributed by atoms with van der Waals surface area (Å²) in [5.41, 5.74) is 2.45. The first-order valence-corrected chi connectivity index (χ1v) is 7.13. The van der Waals surface area contributed by atoms with Crippen molar-refractivity contribution in [2.75, 3.05) is 6.54 Å². The molecule has 21 heavy (non-hydrogen) atoms. The lowest BCUT2D eigenvalue weighted by molar-refractivity contribution is 0.382. The molecule has 2 aliphatic rings. The first-order chi connectivity index (χ1) is 10.2. The second-order valence-electron chi connectivity index (χ2n) is 5.07. The number of aromatic nitrogens is 2. The van der Waals surface area contributed by atoms with Crippen molar-refractivity contribution in [1.29, 1.82) is 0 Å². The van der Waals surface area contributed by atoms with Gasteiger partial charge in [-0.25, -0.2) is 15.0 Å². The molecule has 0 bridgehead atoms. The molecule has 104 valence electrons. The average molecular weight is 298 g/mol. The highest BCUT2D eigenvalue weighted by atomic mass is 35.5. The van der Waals surface area contributed by atoms with E-state index >= 15 is 0 Å². The highest BCUT2D eigenvalue weighted by molar-refractivity contribution is 6.70. The van der Waals surface area contributed by atoms with E-state index in [0.29, 0.717) is 23.2 Å². The number of halogens is 1. The predicted octanol–water partition coefficient (Wildman–Crippen LogP) is 2.51. The first-order valence-electron chi connectivity index (χ1n) is 6.75. The van der Waals surface area contributed by atoms with E-state index in [-0.39, 0.29) is 6.04 Å². The highest BCUT2D eigenvalue weighted by Gasteiger charge is 2.33. The summed E-state index contributed by atoms with van der Waals surface area (Å²) in [5.74, 6) is 1.45. The fourth-order valence-electron chi connectivity index (χ4n) is 2.50. The van der Waals surface area contributed by atoms with Crippen LogP contribution in [-0.4, -0.2) is 38.6 Å². The van der Waals surface area contributed by atoms with Crippen molar-refractivity contribution in [3.05, 3.63) is 47.8 Å². The molecule has 0 saturated heterocycles. The zero-order valence-electron chi connectivity index (χ0n) is 11.4. The standard InChI is InChI=1S/C15H12ClN5/c1-9-7-18-15-11-8-17-14(10-5-3-2-4-6-10)19-12(11)13(16)20-21(9)15/h2-6,8-9H,7H2,1H3. The molecule has 2 aromatic rings. The average Bonchev–Trinajstić information content (AvgIpc) is 2.89. The van der Waals surface area contributed by atoms with Crippen molar-refractivity contribution >= 4 is 22.6 Å². The topological polar surface area (TPSA) is 53.7 Å². The van der Waals surface area contributed by atoms with Gasteiger partial charge in [0.15, 0.2) is 16.8 Å². The monoisotopic (exact) mass is 297 g/mol. The third kappa shape index (κ3) is 1.93. The second-order valence-corrected chi connectivity index (χ2v) is 5.43. The van der Waals surface area contributed by atoms with Gasteiger partial charge in [-0.2, -0.15) is 5.10 Å². The summed E-state index contributed by atoms with van der Waals surface area (Å²) in [4.78, 5) is 13.5. The molecule has 5 nitrogen and oxygen atoms in total. The molecule has 1 unspecified atom stereocenters. The van der Waals surface area contributed by atoms with Crippen molar-refractivity contribution < 1.29 is 0 Å². The lowest BCUT2D eigenvalue weighted by Crippen LogP contribution is -2.35. The number of hydrogen-bond acceptors (Lipinski definition) is 5. The van der Waals surface area contributed by atoms with Crippen LogP contribution >= 0.6 is 11.6 Å². The van der Waals surface area contributed by atoms with Crippen LogP contribution in [0.25, 0.3) is 11.4 Å². The molecule has 0 aliphatic carbocycles. The van der Waals surface area contributed by atoms with E-state index in [1.54, 1.807) is 6.20 Å². The molecule has 4 rings (SSSR count). The van der Waals surface area contributed by atoms with Crippen molar-refractivity contribution in [2.45, 2.75) is 13.0 Å². The minimum absolute atomic E-state index is 0.218. The van der Waals surface area contributed by atoms with Gasteiger partial charge < -0.3 is 0 Å². The summed E-state index contributed by atoms with van der Waals surface area (Å²) < 4.78 is 0. The van der Waals surface area contributed by atoms with Gasteiger partial charge in [-0.1, -0.05) is 41.9 Å². The fourth-order valence-corrected chi connectivity index (χ4v) is 2.73. The maximum absolute atomic E-state index is 6.30. The van der Waals surface area contributed by atoms with Crippen molar-refractivity contribution in [2.24, 2.45) is 10.1 Å². The number of amidine groups is 1. The first kappa shape index (κ1) is 12.5. The Morgan fingerprint density at radius 1 is 1.24 bits per heavy atom. The minimum Gasteiger partial charge on any atom is -0.264 e. The van der Waals surface area contributed by atoms with Crippen LogP contribution in [0, 0.1) is 0 Å². The fraction of sp³-hybridized carbons (Fsp3) is 0.200. The molecule has 0 saturated carbocycles. The number of hydrazone groups is 1. The van der Waals surface area contributed by atoms with Crippen LogP contribution in [0.3, 0.4) is 0 Å². The maximum atomic E-state index is 6.30. The number of aliphatic imine (C=N–C) groups is 1. The molecule has 1 aromatic carbocycles. The number of benzene rings is 1. The normalized spacial score (nSPS) is 19.7. The molecule has 1 aromatic heterocycles. The third-order valence-corrected chi connectivity index (χ3v) is 3.85. The van der Waals surface area contributed by atoms with E-state index in [1.807, 2.05) is 35.3 Å². The Balaban J connectivity index is 1.85. The van der Waals surface area contributed by atoms with E-state index in [9.17, 15) is 0 Å². The van der Waals surface area contributed by atoms with Crippen LogP contribution in [-0.2, 0) is 0 Å². The Hall–Kier alpha value is -2.27. The molecule has 0 radical (unpaired) electrons. The zero-order chi connectivity index (χ0) is 14.4. The number of rotatable bonds is 1. The van der Waals surface area contributed by atoms with Gasteiger partial charge in [-0.15, -0.1) is 0 Å². The van der Waals surface area contributed by atoms with Crippen molar-refractivity contribution in [3.8, 4) is 11.4 Å². The summed E-state index contributed by atoms with van der Waals surface area (Å²) in [5, 5.41) is 6.63. The van der Waals surface area contributed by atoms with Gasteiger partial charge in [0.25, 0.3) is 0 Å². The van der Waals surface area contributed by atoms with Crippen LogP contribution < -0.4 is 0 Å². The quantitative estimate of drug-likeness (QED) is 0.812. The molecule has 0 spiro atoms. The second kappa shape index (κ2) is 4.63. The van der Waals surface area contributed by atoms with Gasteiger partial charge in [-0.3, -0.25) is 4.99 Å². The number of nitrogens with zero attached hydrogens (tertiary/aromatic N) is 5. The van der Waals surface area contributed by atoms with Gasteiger partial charge >= 0.3 is 0 Å². The number of fused-ring (bicyclic) bond motifs is 3. The predicted molar refractivity (Wildman–Crippen MR) is 82.6 cm³/mol.